The van der Waals surface area contributed by atoms with Crippen LogP contribution in [0.25, 0.3) is 0 Å². The molecule has 4 aromatic rings. The van der Waals surface area contributed by atoms with E-state index in [2.05, 4.69) is 5.32 Å². The number of hydrogen-bond acceptors (Lipinski definition) is 5. The van der Waals surface area contributed by atoms with Gasteiger partial charge >= 0.3 is 0 Å². The number of carbonyl (C=O) groups excluding carboxylic acids is 2. The van der Waals surface area contributed by atoms with Crippen LogP contribution in [0, 0.1) is 19.8 Å². The topological polar surface area (TPSA) is 96.0 Å². The number of nitrogens with one attached hydrogen (secondary N) is 1. The van der Waals surface area contributed by atoms with Crippen molar-refractivity contribution in [1.29, 1.82) is 0 Å². The van der Waals surface area contributed by atoms with Crippen molar-refractivity contribution in [2.45, 2.75) is 51.6 Å². The predicted octanol–water partition coefficient (Wildman–Crippen LogP) is 5.92. The van der Waals surface area contributed by atoms with Crippen molar-refractivity contribution in [3.8, 4) is 5.75 Å². The second-order valence-corrected chi connectivity index (χ2v) is 13.7. The summed E-state index contributed by atoms with van der Waals surface area (Å²) in [6, 6.07) is 29.5. The van der Waals surface area contributed by atoms with E-state index in [0.717, 1.165) is 26.6 Å². The fourth-order valence-corrected chi connectivity index (χ4v) is 6.65. The van der Waals surface area contributed by atoms with Gasteiger partial charge in [-0.25, -0.2) is 8.42 Å². The Hall–Kier alpha value is -4.63. The molecule has 8 nitrogen and oxygen atoms in total. The first-order chi connectivity index (χ1) is 22.0. The SMILES string of the molecule is COc1ccc(C)cc1N(CC(=O)N(Cc1cccc(C)c1)[C@H](Cc1ccccc1)C(=O)NCC(C)C)S(=O)(=O)c1ccccc1. The lowest BCUT2D eigenvalue weighted by Gasteiger charge is -2.34. The molecule has 0 fully saturated rings. The number of benzene rings is 4. The van der Waals surface area contributed by atoms with E-state index in [-0.39, 0.29) is 35.4 Å². The summed E-state index contributed by atoms with van der Waals surface area (Å²) in [4.78, 5) is 30.1. The molecule has 0 aromatic heterocycles. The third-order valence-electron chi connectivity index (χ3n) is 7.60. The number of anilines is 1. The van der Waals surface area contributed by atoms with E-state index in [1.54, 1.807) is 30.3 Å². The third-order valence-corrected chi connectivity index (χ3v) is 9.38. The second-order valence-electron chi connectivity index (χ2n) is 11.9. The quantitative estimate of drug-likeness (QED) is 0.185. The van der Waals surface area contributed by atoms with E-state index >= 15 is 0 Å². The van der Waals surface area contributed by atoms with Crippen LogP contribution >= 0.6 is 0 Å². The monoisotopic (exact) mass is 641 g/mol. The van der Waals surface area contributed by atoms with Gasteiger partial charge in [0.2, 0.25) is 11.8 Å². The molecule has 0 spiro atoms. The van der Waals surface area contributed by atoms with E-state index in [1.165, 1.54) is 24.1 Å². The Bertz CT molecular complexity index is 1730. The van der Waals surface area contributed by atoms with E-state index < -0.39 is 28.5 Å². The first kappa shape index (κ1) is 34.2. The van der Waals surface area contributed by atoms with Crippen LogP contribution in [-0.2, 0) is 32.6 Å². The normalized spacial score (nSPS) is 12.0. The van der Waals surface area contributed by atoms with Gasteiger partial charge in [0.15, 0.2) is 0 Å². The van der Waals surface area contributed by atoms with Crippen molar-refractivity contribution < 1.29 is 22.7 Å². The van der Waals surface area contributed by atoms with E-state index in [0.29, 0.717) is 12.3 Å². The largest absolute Gasteiger partial charge is 0.495 e. The zero-order valence-electron chi connectivity index (χ0n) is 27.1. The molecule has 0 saturated carbocycles. The van der Waals surface area contributed by atoms with Crippen LogP contribution in [0.15, 0.2) is 108 Å². The summed E-state index contributed by atoms with van der Waals surface area (Å²) >= 11 is 0. The molecule has 0 saturated heterocycles. The maximum absolute atomic E-state index is 14.7. The molecule has 46 heavy (non-hydrogen) atoms. The molecule has 0 aliphatic rings. The Labute approximate surface area is 273 Å². The summed E-state index contributed by atoms with van der Waals surface area (Å²) in [5.41, 5.74) is 3.74. The molecule has 1 atom stereocenters. The van der Waals surface area contributed by atoms with Crippen LogP contribution in [0.2, 0.25) is 0 Å². The first-order valence-corrected chi connectivity index (χ1v) is 16.8. The van der Waals surface area contributed by atoms with Crippen LogP contribution in [0.4, 0.5) is 5.69 Å². The van der Waals surface area contributed by atoms with Gasteiger partial charge in [0.1, 0.15) is 18.3 Å². The standard InChI is InChI=1S/C37H43N3O5S/c1-27(2)24-38-37(42)34(23-30-14-8-6-9-15-30)39(25-31-16-12-13-28(3)21-31)36(41)26-40(33-22-29(4)19-20-35(33)45-5)46(43,44)32-17-10-7-11-18-32/h6-22,27,34H,23-26H2,1-5H3,(H,38,42)/t34-/m1/s1. The number of aryl methyl sites for hydroxylation is 2. The molecule has 4 aromatic carbocycles. The lowest BCUT2D eigenvalue weighted by Crippen LogP contribution is -2.53. The van der Waals surface area contributed by atoms with Crippen LogP contribution in [0.1, 0.15) is 36.1 Å². The van der Waals surface area contributed by atoms with Crippen molar-refractivity contribution >= 4 is 27.5 Å². The number of amides is 2. The minimum atomic E-state index is -4.23. The molecule has 2 amide bonds. The van der Waals surface area contributed by atoms with Gasteiger partial charge in [0, 0.05) is 19.5 Å². The Morgan fingerprint density at radius 2 is 1.43 bits per heavy atom. The molecule has 0 aliphatic heterocycles. The molecule has 0 heterocycles. The van der Waals surface area contributed by atoms with E-state index in [9.17, 15) is 18.0 Å². The summed E-state index contributed by atoms with van der Waals surface area (Å²) in [7, 11) is -2.77. The second kappa shape index (κ2) is 15.6. The highest BCUT2D eigenvalue weighted by molar-refractivity contribution is 7.92. The van der Waals surface area contributed by atoms with Gasteiger partial charge < -0.3 is 15.0 Å². The van der Waals surface area contributed by atoms with Gasteiger partial charge in [-0.05, 0) is 60.7 Å². The molecule has 0 unspecified atom stereocenters. The summed E-state index contributed by atoms with van der Waals surface area (Å²) in [6.07, 6.45) is 0.252. The number of nitrogens with zero attached hydrogens (tertiary/aromatic N) is 2. The molecular formula is C37H43N3O5S. The maximum atomic E-state index is 14.7. The van der Waals surface area contributed by atoms with Crippen LogP contribution < -0.4 is 14.4 Å². The van der Waals surface area contributed by atoms with Gasteiger partial charge in [-0.3, -0.25) is 13.9 Å². The van der Waals surface area contributed by atoms with Crippen molar-refractivity contribution in [3.63, 3.8) is 0 Å². The zero-order valence-corrected chi connectivity index (χ0v) is 28.0. The molecule has 242 valence electrons. The number of rotatable bonds is 14. The highest BCUT2D eigenvalue weighted by Crippen LogP contribution is 2.34. The molecule has 9 heteroatoms. The Morgan fingerprint density at radius 3 is 2.07 bits per heavy atom. The molecule has 1 N–H and O–H groups in total. The highest BCUT2D eigenvalue weighted by atomic mass is 32.2. The first-order valence-electron chi connectivity index (χ1n) is 15.4. The Kier molecular flexibility index (Phi) is 11.6. The summed E-state index contributed by atoms with van der Waals surface area (Å²) in [6.45, 7) is 7.81. The zero-order chi connectivity index (χ0) is 33.3. The van der Waals surface area contributed by atoms with Gasteiger partial charge in [-0.15, -0.1) is 0 Å². The number of ether oxygens (including phenoxy) is 1. The smallest absolute Gasteiger partial charge is 0.264 e. The van der Waals surface area contributed by atoms with Gasteiger partial charge in [-0.2, -0.15) is 0 Å². The average molecular weight is 642 g/mol. The maximum Gasteiger partial charge on any atom is 0.264 e. The fraction of sp³-hybridized carbons (Fsp3) is 0.297. The molecule has 0 radical (unpaired) electrons. The minimum Gasteiger partial charge on any atom is -0.495 e. The summed E-state index contributed by atoms with van der Waals surface area (Å²) in [5, 5.41) is 3.02. The van der Waals surface area contributed by atoms with E-state index in [1.807, 2.05) is 88.4 Å². The summed E-state index contributed by atoms with van der Waals surface area (Å²) in [5.74, 6) is -0.324. The van der Waals surface area contributed by atoms with Crippen LogP contribution in [-0.4, -0.2) is 51.4 Å². The fourth-order valence-electron chi connectivity index (χ4n) is 5.21. The number of hydrogen-bond donors (Lipinski definition) is 1. The van der Waals surface area contributed by atoms with Crippen LogP contribution in [0.5, 0.6) is 5.75 Å². The molecule has 0 aliphatic carbocycles. The Morgan fingerprint density at radius 1 is 0.804 bits per heavy atom. The van der Waals surface area contributed by atoms with E-state index in [4.69, 9.17) is 4.74 Å². The Balaban J connectivity index is 1.84. The van der Waals surface area contributed by atoms with Crippen molar-refractivity contribution in [2.24, 2.45) is 5.92 Å². The lowest BCUT2D eigenvalue weighted by molar-refractivity contribution is -0.140. The number of sulfonamides is 1. The third kappa shape index (κ3) is 8.75. The molecule has 0 bridgehead atoms. The summed E-state index contributed by atoms with van der Waals surface area (Å²) < 4.78 is 35.2. The lowest BCUT2D eigenvalue weighted by atomic mass is 10.0. The van der Waals surface area contributed by atoms with Gasteiger partial charge in [0.25, 0.3) is 10.0 Å². The highest BCUT2D eigenvalue weighted by Gasteiger charge is 2.35. The molecular weight excluding hydrogens is 598 g/mol. The van der Waals surface area contributed by atoms with Gasteiger partial charge in [-0.1, -0.05) is 98.3 Å². The number of methoxy groups -OCH3 is 1. The van der Waals surface area contributed by atoms with Crippen molar-refractivity contribution in [2.75, 3.05) is 24.5 Å². The van der Waals surface area contributed by atoms with Gasteiger partial charge in [0.05, 0.1) is 17.7 Å². The van der Waals surface area contributed by atoms with Crippen molar-refractivity contribution in [1.82, 2.24) is 10.2 Å². The average Bonchev–Trinajstić information content (AvgIpc) is 3.04. The molecule has 4 rings (SSSR count). The minimum absolute atomic E-state index is 0.0344. The van der Waals surface area contributed by atoms with Crippen LogP contribution in [0.3, 0.4) is 0 Å². The predicted molar refractivity (Wildman–Crippen MR) is 182 cm³/mol. The number of carbonyl (C=O) groups is 2. The van der Waals surface area contributed by atoms with Crippen molar-refractivity contribution in [3.05, 3.63) is 125 Å².